The average Bonchev–Trinajstić information content (AvgIpc) is 2.99. The van der Waals surface area contributed by atoms with Crippen LogP contribution in [-0.4, -0.2) is 34.9 Å². The van der Waals surface area contributed by atoms with Gasteiger partial charge < -0.3 is 10.2 Å². The van der Waals surface area contributed by atoms with Crippen molar-refractivity contribution in [3.05, 3.63) is 29.1 Å². The fraction of sp³-hybridized carbons (Fsp3) is 0.625. The van der Waals surface area contributed by atoms with Gasteiger partial charge >= 0.3 is 0 Å². The van der Waals surface area contributed by atoms with Crippen LogP contribution in [0, 0.1) is 0 Å². The number of aromatic nitrogens is 1. The molecule has 0 aliphatic carbocycles. The molecule has 0 bridgehead atoms. The van der Waals surface area contributed by atoms with Crippen LogP contribution in [0.3, 0.4) is 0 Å². The lowest BCUT2D eigenvalue weighted by Crippen LogP contribution is -2.45. The van der Waals surface area contributed by atoms with Gasteiger partial charge in [-0.15, -0.1) is 0 Å². The third-order valence-corrected chi connectivity index (χ3v) is 4.33. The van der Waals surface area contributed by atoms with Crippen LogP contribution >= 0.6 is 0 Å². The zero-order chi connectivity index (χ0) is 14.1. The molecule has 1 aromatic heterocycles. The van der Waals surface area contributed by atoms with E-state index in [1.807, 2.05) is 4.90 Å². The molecular weight excluding hydrogens is 250 g/mol. The largest absolute Gasteiger partial charge is 0.337 e. The number of fused-ring (bicyclic) bond motifs is 1. The molecule has 1 aromatic rings. The predicted molar refractivity (Wildman–Crippen MR) is 78.5 cm³/mol. The second-order valence-corrected chi connectivity index (χ2v) is 6.16. The average molecular weight is 273 g/mol. The van der Waals surface area contributed by atoms with Gasteiger partial charge in [0.25, 0.3) is 0 Å². The van der Waals surface area contributed by atoms with E-state index in [0.29, 0.717) is 5.92 Å². The fourth-order valence-electron chi connectivity index (χ4n) is 3.06. The predicted octanol–water partition coefficient (Wildman–Crippen LogP) is 1.84. The lowest BCUT2D eigenvalue weighted by atomic mass is 10.0. The van der Waals surface area contributed by atoms with E-state index in [9.17, 15) is 4.79 Å². The minimum absolute atomic E-state index is 0.0412. The number of nitrogens with one attached hydrogen (secondary N) is 1. The standard InChI is InChI=1S/C16H23N3O/c1-11(2)13-6-5-12-10-19(9-7-14(12)18-13)16(20)15-4-3-8-17-15/h5-6,11,15,17H,3-4,7-10H2,1-2H3. The Hall–Kier alpha value is -1.42. The molecule has 4 heteroatoms. The van der Waals surface area contributed by atoms with Crippen LogP contribution in [0.1, 0.15) is 49.6 Å². The molecule has 1 unspecified atom stereocenters. The summed E-state index contributed by atoms with van der Waals surface area (Å²) < 4.78 is 0. The van der Waals surface area contributed by atoms with E-state index in [2.05, 4.69) is 31.3 Å². The van der Waals surface area contributed by atoms with Gasteiger partial charge in [-0.1, -0.05) is 19.9 Å². The highest BCUT2D eigenvalue weighted by Gasteiger charge is 2.29. The van der Waals surface area contributed by atoms with Gasteiger partial charge in [0.15, 0.2) is 0 Å². The van der Waals surface area contributed by atoms with Gasteiger partial charge in [-0.25, -0.2) is 0 Å². The maximum absolute atomic E-state index is 12.4. The van der Waals surface area contributed by atoms with Crippen molar-refractivity contribution in [1.82, 2.24) is 15.2 Å². The summed E-state index contributed by atoms with van der Waals surface area (Å²) in [7, 11) is 0. The first-order valence-electron chi connectivity index (χ1n) is 7.66. The first-order chi connectivity index (χ1) is 9.65. The third kappa shape index (κ3) is 2.57. The quantitative estimate of drug-likeness (QED) is 0.894. The van der Waals surface area contributed by atoms with Crippen LogP contribution in [0.4, 0.5) is 0 Å². The molecule has 20 heavy (non-hydrogen) atoms. The number of carbonyl (C=O) groups excluding carboxylic acids is 1. The molecule has 1 saturated heterocycles. The van der Waals surface area contributed by atoms with Crippen molar-refractivity contribution in [2.75, 3.05) is 13.1 Å². The molecule has 1 amide bonds. The summed E-state index contributed by atoms with van der Waals surface area (Å²) >= 11 is 0. The summed E-state index contributed by atoms with van der Waals surface area (Å²) in [6.45, 7) is 6.83. The zero-order valence-corrected chi connectivity index (χ0v) is 12.4. The molecule has 1 fully saturated rings. The van der Waals surface area contributed by atoms with Gasteiger partial charge in [0.2, 0.25) is 5.91 Å². The monoisotopic (exact) mass is 273 g/mol. The fourth-order valence-corrected chi connectivity index (χ4v) is 3.06. The lowest BCUT2D eigenvalue weighted by molar-refractivity contribution is -0.134. The molecule has 108 valence electrons. The van der Waals surface area contributed by atoms with Crippen molar-refractivity contribution in [1.29, 1.82) is 0 Å². The Morgan fingerprint density at radius 3 is 3.00 bits per heavy atom. The zero-order valence-electron chi connectivity index (χ0n) is 12.4. The Balaban J connectivity index is 1.73. The summed E-state index contributed by atoms with van der Waals surface area (Å²) in [5.74, 6) is 0.726. The summed E-state index contributed by atoms with van der Waals surface area (Å²) in [5.41, 5.74) is 3.55. The Labute approximate surface area is 120 Å². The minimum atomic E-state index is 0.0412. The summed E-state index contributed by atoms with van der Waals surface area (Å²) in [5, 5.41) is 3.29. The molecule has 1 atom stereocenters. The van der Waals surface area contributed by atoms with Gasteiger partial charge in [0.05, 0.1) is 6.04 Å². The first kappa shape index (κ1) is 13.6. The highest BCUT2D eigenvalue weighted by molar-refractivity contribution is 5.82. The normalized spacial score (nSPS) is 22.1. The number of hydrogen-bond donors (Lipinski definition) is 1. The van der Waals surface area contributed by atoms with E-state index in [1.54, 1.807) is 0 Å². The second-order valence-electron chi connectivity index (χ2n) is 6.16. The SMILES string of the molecule is CC(C)c1ccc2c(n1)CCN(C(=O)C1CCCN1)C2. The molecule has 2 aliphatic rings. The van der Waals surface area contributed by atoms with Crippen molar-refractivity contribution in [3.63, 3.8) is 0 Å². The number of nitrogens with zero attached hydrogens (tertiary/aromatic N) is 2. The van der Waals surface area contributed by atoms with Gasteiger partial charge in [0, 0.05) is 30.9 Å². The summed E-state index contributed by atoms with van der Waals surface area (Å²) in [6, 6.07) is 4.30. The molecule has 3 rings (SSSR count). The molecule has 0 spiro atoms. The van der Waals surface area contributed by atoms with E-state index in [1.165, 1.54) is 11.3 Å². The smallest absolute Gasteiger partial charge is 0.240 e. The lowest BCUT2D eigenvalue weighted by Gasteiger charge is -2.30. The first-order valence-corrected chi connectivity index (χ1v) is 7.66. The molecule has 0 radical (unpaired) electrons. The van der Waals surface area contributed by atoms with Crippen molar-refractivity contribution >= 4 is 5.91 Å². The van der Waals surface area contributed by atoms with Gasteiger partial charge in [0.1, 0.15) is 0 Å². The molecule has 2 aliphatic heterocycles. The van der Waals surface area contributed by atoms with E-state index in [0.717, 1.165) is 44.6 Å². The highest BCUT2D eigenvalue weighted by atomic mass is 16.2. The molecule has 0 aromatic carbocycles. The number of rotatable bonds is 2. The minimum Gasteiger partial charge on any atom is -0.337 e. The Morgan fingerprint density at radius 1 is 1.45 bits per heavy atom. The maximum Gasteiger partial charge on any atom is 0.240 e. The van der Waals surface area contributed by atoms with E-state index in [4.69, 9.17) is 4.98 Å². The molecule has 3 heterocycles. The Bertz CT molecular complexity index is 506. The van der Waals surface area contributed by atoms with Crippen LogP contribution < -0.4 is 5.32 Å². The molecule has 4 nitrogen and oxygen atoms in total. The van der Waals surface area contributed by atoms with Gasteiger partial charge in [-0.2, -0.15) is 0 Å². The van der Waals surface area contributed by atoms with Crippen molar-refractivity contribution in [2.24, 2.45) is 0 Å². The van der Waals surface area contributed by atoms with E-state index in [-0.39, 0.29) is 11.9 Å². The maximum atomic E-state index is 12.4. The van der Waals surface area contributed by atoms with Crippen LogP contribution in [0.15, 0.2) is 12.1 Å². The Morgan fingerprint density at radius 2 is 2.30 bits per heavy atom. The van der Waals surface area contributed by atoms with E-state index >= 15 is 0 Å². The molecule has 1 N–H and O–H groups in total. The van der Waals surface area contributed by atoms with Gasteiger partial charge in [-0.05, 0) is 36.9 Å². The Kier molecular flexibility index (Phi) is 3.74. The summed E-state index contributed by atoms with van der Waals surface area (Å²) in [4.78, 5) is 19.2. The molecule has 0 saturated carbocycles. The topological polar surface area (TPSA) is 45.2 Å². The van der Waals surface area contributed by atoms with Crippen LogP contribution in [-0.2, 0) is 17.8 Å². The molecular formula is C16H23N3O. The van der Waals surface area contributed by atoms with Crippen LogP contribution in [0.2, 0.25) is 0 Å². The number of carbonyl (C=O) groups is 1. The summed E-state index contributed by atoms with van der Waals surface area (Å²) in [6.07, 6.45) is 2.97. The van der Waals surface area contributed by atoms with Gasteiger partial charge in [-0.3, -0.25) is 9.78 Å². The van der Waals surface area contributed by atoms with Crippen molar-refractivity contribution in [3.8, 4) is 0 Å². The number of pyridine rings is 1. The van der Waals surface area contributed by atoms with Crippen LogP contribution in [0.5, 0.6) is 0 Å². The van der Waals surface area contributed by atoms with Crippen LogP contribution in [0.25, 0.3) is 0 Å². The second kappa shape index (κ2) is 5.52. The van der Waals surface area contributed by atoms with E-state index < -0.39 is 0 Å². The third-order valence-electron chi connectivity index (χ3n) is 4.33. The van der Waals surface area contributed by atoms with Crippen molar-refractivity contribution in [2.45, 2.75) is 51.6 Å². The van der Waals surface area contributed by atoms with Crippen molar-refractivity contribution < 1.29 is 4.79 Å². The number of hydrogen-bond acceptors (Lipinski definition) is 3. The highest BCUT2D eigenvalue weighted by Crippen LogP contribution is 2.22. The number of amides is 1.